The fourth-order valence-electron chi connectivity index (χ4n) is 4.85. The Labute approximate surface area is 220 Å². The van der Waals surface area contributed by atoms with Crippen molar-refractivity contribution in [3.63, 3.8) is 0 Å². The maximum absolute atomic E-state index is 6.38. The van der Waals surface area contributed by atoms with E-state index in [0.29, 0.717) is 15.2 Å². The highest BCUT2D eigenvalue weighted by molar-refractivity contribution is 7.80. The minimum Gasteiger partial charge on any atom is -0.495 e. The fraction of sp³-hybridized carbons (Fsp3) is 0.185. The number of ether oxygens (including phenoxy) is 1. The van der Waals surface area contributed by atoms with Gasteiger partial charge in [-0.3, -0.25) is 4.98 Å². The van der Waals surface area contributed by atoms with Crippen molar-refractivity contribution in [2.75, 3.05) is 12.0 Å². The molecule has 178 valence electrons. The zero-order valence-corrected chi connectivity index (χ0v) is 21.8. The molecule has 0 aliphatic carbocycles. The fourth-order valence-corrected chi connectivity index (χ4v) is 5.48. The Morgan fingerprint density at radius 3 is 2.40 bits per heavy atom. The third-order valence-corrected chi connectivity index (χ3v) is 7.18. The average molecular weight is 523 g/mol. The standard InChI is InChI=1S/C27H24Cl2N4OS/c1-16-14-21(17(2)32(16)23-15-19(29)9-12-24(23)34-3)26-25(22-6-4-5-13-30-22)31-27(35)33(26)20-10-7-18(28)8-11-20/h4-15,25-26H,1-3H3,(H,31,35)/t25-,26+/m1/s1. The molecule has 1 N–H and O–H groups in total. The molecule has 8 heteroatoms. The molecule has 0 amide bonds. The second-order valence-corrected chi connectivity index (χ2v) is 9.71. The summed E-state index contributed by atoms with van der Waals surface area (Å²) in [6, 6.07) is 21.2. The first-order chi connectivity index (χ1) is 16.9. The number of rotatable bonds is 5. The Kier molecular flexibility index (Phi) is 6.45. The van der Waals surface area contributed by atoms with Crippen molar-refractivity contribution in [1.29, 1.82) is 0 Å². The van der Waals surface area contributed by atoms with E-state index in [0.717, 1.165) is 39.8 Å². The molecule has 2 aromatic heterocycles. The van der Waals surface area contributed by atoms with Gasteiger partial charge in [0.1, 0.15) is 5.75 Å². The van der Waals surface area contributed by atoms with E-state index in [9.17, 15) is 0 Å². The molecule has 1 saturated heterocycles. The number of aromatic nitrogens is 2. The predicted molar refractivity (Wildman–Crippen MR) is 146 cm³/mol. The summed E-state index contributed by atoms with van der Waals surface area (Å²) in [5.41, 5.74) is 6.03. The van der Waals surface area contributed by atoms with Gasteiger partial charge in [0.25, 0.3) is 0 Å². The van der Waals surface area contributed by atoms with Crippen LogP contribution >= 0.6 is 35.4 Å². The van der Waals surface area contributed by atoms with Gasteiger partial charge in [-0.25, -0.2) is 0 Å². The van der Waals surface area contributed by atoms with Gasteiger partial charge in [-0.05, 0) is 92.3 Å². The largest absolute Gasteiger partial charge is 0.495 e. The van der Waals surface area contributed by atoms with Crippen molar-refractivity contribution in [2.45, 2.75) is 25.9 Å². The number of halogens is 2. The van der Waals surface area contributed by atoms with Crippen LogP contribution in [0.25, 0.3) is 5.69 Å². The topological polar surface area (TPSA) is 42.3 Å². The zero-order chi connectivity index (χ0) is 24.7. The summed E-state index contributed by atoms with van der Waals surface area (Å²) in [5.74, 6) is 0.749. The number of aryl methyl sites for hydroxylation is 1. The van der Waals surface area contributed by atoms with Crippen LogP contribution < -0.4 is 15.0 Å². The first-order valence-electron chi connectivity index (χ1n) is 11.2. The second kappa shape index (κ2) is 9.53. The van der Waals surface area contributed by atoms with Crippen LogP contribution in [0.2, 0.25) is 10.0 Å². The molecular weight excluding hydrogens is 499 g/mol. The maximum Gasteiger partial charge on any atom is 0.174 e. The summed E-state index contributed by atoms with van der Waals surface area (Å²) in [5, 5.41) is 5.48. The van der Waals surface area contributed by atoms with Gasteiger partial charge in [-0.15, -0.1) is 0 Å². The number of nitrogens with one attached hydrogen (secondary N) is 1. The quantitative estimate of drug-likeness (QED) is 0.286. The van der Waals surface area contributed by atoms with E-state index in [1.807, 2.05) is 66.9 Å². The highest BCUT2D eigenvalue weighted by Crippen LogP contribution is 2.44. The summed E-state index contributed by atoms with van der Waals surface area (Å²) < 4.78 is 7.84. The Balaban J connectivity index is 1.70. The lowest BCUT2D eigenvalue weighted by molar-refractivity contribution is 0.412. The molecule has 3 heterocycles. The Morgan fingerprint density at radius 1 is 0.971 bits per heavy atom. The van der Waals surface area contributed by atoms with E-state index in [-0.39, 0.29) is 12.1 Å². The molecule has 0 radical (unpaired) electrons. The van der Waals surface area contributed by atoms with Crippen LogP contribution in [0.15, 0.2) is 72.9 Å². The monoisotopic (exact) mass is 522 g/mol. The second-order valence-electron chi connectivity index (χ2n) is 8.45. The zero-order valence-electron chi connectivity index (χ0n) is 19.5. The highest BCUT2D eigenvalue weighted by atomic mass is 35.5. The molecule has 0 saturated carbocycles. The minimum absolute atomic E-state index is 0.135. The number of benzene rings is 2. The van der Waals surface area contributed by atoms with Gasteiger partial charge in [-0.2, -0.15) is 0 Å². The molecule has 1 aliphatic rings. The van der Waals surface area contributed by atoms with Gasteiger partial charge in [-0.1, -0.05) is 29.3 Å². The normalized spacial score (nSPS) is 17.5. The number of nitrogens with zero attached hydrogens (tertiary/aromatic N) is 3. The van der Waals surface area contributed by atoms with Crippen LogP contribution in [0, 0.1) is 13.8 Å². The molecule has 2 aromatic carbocycles. The predicted octanol–water partition coefficient (Wildman–Crippen LogP) is 6.98. The number of pyridine rings is 1. The number of hydrogen-bond acceptors (Lipinski definition) is 3. The Bertz CT molecular complexity index is 1390. The van der Waals surface area contributed by atoms with E-state index in [1.165, 1.54) is 0 Å². The van der Waals surface area contributed by atoms with Crippen molar-refractivity contribution in [1.82, 2.24) is 14.9 Å². The lowest BCUT2D eigenvalue weighted by atomic mass is 9.96. The van der Waals surface area contributed by atoms with Gasteiger partial charge in [0.2, 0.25) is 0 Å². The summed E-state index contributed by atoms with van der Waals surface area (Å²) in [4.78, 5) is 6.80. The first-order valence-corrected chi connectivity index (χ1v) is 12.3. The van der Waals surface area contributed by atoms with Crippen molar-refractivity contribution in [2.24, 2.45) is 0 Å². The Hall–Kier alpha value is -3.06. The van der Waals surface area contributed by atoms with Crippen LogP contribution in [0.1, 0.15) is 34.7 Å². The number of anilines is 1. The highest BCUT2D eigenvalue weighted by Gasteiger charge is 2.42. The van der Waals surface area contributed by atoms with Crippen molar-refractivity contribution < 1.29 is 4.74 Å². The summed E-state index contributed by atoms with van der Waals surface area (Å²) in [6.07, 6.45) is 1.81. The number of thiocarbonyl (C=S) groups is 1. The van der Waals surface area contributed by atoms with Crippen molar-refractivity contribution in [3.05, 3.63) is 106 Å². The van der Waals surface area contributed by atoms with Crippen LogP contribution in [0.5, 0.6) is 5.75 Å². The molecule has 5 rings (SSSR count). The van der Waals surface area contributed by atoms with Crippen LogP contribution in [0.4, 0.5) is 5.69 Å². The van der Waals surface area contributed by atoms with Crippen LogP contribution in [-0.4, -0.2) is 21.8 Å². The summed E-state index contributed by atoms with van der Waals surface area (Å²) >= 11 is 18.4. The van der Waals surface area contributed by atoms with E-state index in [4.69, 9.17) is 40.2 Å². The number of methoxy groups -OCH3 is 1. The lowest BCUT2D eigenvalue weighted by Gasteiger charge is -2.28. The molecule has 5 nitrogen and oxygen atoms in total. The van der Waals surface area contributed by atoms with Gasteiger partial charge < -0.3 is 19.5 Å². The first kappa shape index (κ1) is 23.7. The summed E-state index contributed by atoms with van der Waals surface area (Å²) in [6.45, 7) is 4.19. The molecule has 1 fully saturated rings. The molecule has 2 atom stereocenters. The van der Waals surface area contributed by atoms with Gasteiger partial charge >= 0.3 is 0 Å². The van der Waals surface area contributed by atoms with Gasteiger partial charge in [0.05, 0.1) is 30.6 Å². The molecule has 0 bridgehead atoms. The van der Waals surface area contributed by atoms with E-state index < -0.39 is 0 Å². The minimum atomic E-state index is -0.144. The smallest absolute Gasteiger partial charge is 0.174 e. The van der Waals surface area contributed by atoms with E-state index in [1.54, 1.807) is 7.11 Å². The molecule has 1 aliphatic heterocycles. The average Bonchev–Trinajstić information content (AvgIpc) is 3.35. The molecular formula is C27H24Cl2N4OS. The van der Waals surface area contributed by atoms with Crippen LogP contribution in [-0.2, 0) is 0 Å². The third kappa shape index (κ3) is 4.27. The van der Waals surface area contributed by atoms with Crippen molar-refractivity contribution >= 4 is 46.2 Å². The van der Waals surface area contributed by atoms with Gasteiger partial charge in [0.15, 0.2) is 5.11 Å². The molecule has 35 heavy (non-hydrogen) atoms. The van der Waals surface area contributed by atoms with E-state index >= 15 is 0 Å². The number of hydrogen-bond donors (Lipinski definition) is 1. The van der Waals surface area contributed by atoms with E-state index in [2.05, 4.69) is 39.7 Å². The molecule has 0 spiro atoms. The Morgan fingerprint density at radius 2 is 1.71 bits per heavy atom. The van der Waals surface area contributed by atoms with Crippen molar-refractivity contribution in [3.8, 4) is 11.4 Å². The third-order valence-electron chi connectivity index (χ3n) is 6.37. The van der Waals surface area contributed by atoms with Crippen LogP contribution in [0.3, 0.4) is 0 Å². The SMILES string of the molecule is COc1ccc(Cl)cc1-n1c(C)cc([C@H]2[C@@H](c3ccccn3)NC(=S)N2c2ccc(Cl)cc2)c1C. The molecule has 4 aromatic rings. The summed E-state index contributed by atoms with van der Waals surface area (Å²) in [7, 11) is 1.67. The lowest BCUT2D eigenvalue weighted by Crippen LogP contribution is -2.29. The maximum atomic E-state index is 6.38. The molecule has 0 unspecified atom stereocenters. The van der Waals surface area contributed by atoms with Gasteiger partial charge in [0, 0.05) is 33.3 Å².